The van der Waals surface area contributed by atoms with E-state index in [-0.39, 0.29) is 24.4 Å². The van der Waals surface area contributed by atoms with Crippen molar-refractivity contribution in [2.24, 2.45) is 4.99 Å². The molecule has 1 aromatic rings. The number of carbonyl (C=O) groups is 1. The van der Waals surface area contributed by atoms with Gasteiger partial charge in [0.1, 0.15) is 0 Å². The summed E-state index contributed by atoms with van der Waals surface area (Å²) < 4.78 is 0. The van der Waals surface area contributed by atoms with E-state index in [0.29, 0.717) is 17.5 Å². The highest BCUT2D eigenvalue weighted by Crippen LogP contribution is 2.28. The van der Waals surface area contributed by atoms with E-state index in [2.05, 4.69) is 17.3 Å². The van der Waals surface area contributed by atoms with Crippen molar-refractivity contribution in [3.05, 3.63) is 28.8 Å². The Morgan fingerprint density at radius 3 is 2.77 bits per heavy atom. The SMILES string of the molecule is Cc1ccc(NC(=O)CC2CSC(=NC3CCCCC3)N2C)cc1Cl.Cl. The minimum atomic E-state index is 0. The zero-order valence-electron chi connectivity index (χ0n) is 15.3. The first kappa shape index (κ1) is 21.4. The summed E-state index contributed by atoms with van der Waals surface area (Å²) in [6, 6.07) is 6.29. The molecule has 4 nitrogen and oxygen atoms in total. The zero-order chi connectivity index (χ0) is 17.8. The summed E-state index contributed by atoms with van der Waals surface area (Å²) in [7, 11) is 2.06. The molecule has 1 aliphatic carbocycles. The lowest BCUT2D eigenvalue weighted by Gasteiger charge is -2.23. The molecule has 0 spiro atoms. The van der Waals surface area contributed by atoms with Crippen LogP contribution in [0.3, 0.4) is 0 Å². The Labute approximate surface area is 171 Å². The molecule has 3 rings (SSSR count). The van der Waals surface area contributed by atoms with E-state index in [1.54, 1.807) is 17.8 Å². The van der Waals surface area contributed by atoms with Crippen molar-refractivity contribution in [3.8, 4) is 0 Å². The number of aryl methyl sites for hydroxylation is 1. The van der Waals surface area contributed by atoms with Crippen LogP contribution in [0, 0.1) is 6.92 Å². The summed E-state index contributed by atoms with van der Waals surface area (Å²) in [5, 5.41) is 4.73. The number of rotatable bonds is 4. The molecule has 26 heavy (non-hydrogen) atoms. The van der Waals surface area contributed by atoms with Gasteiger partial charge in [-0.15, -0.1) is 12.4 Å². The molecule has 1 amide bonds. The molecule has 7 heteroatoms. The van der Waals surface area contributed by atoms with Crippen molar-refractivity contribution in [2.75, 3.05) is 18.1 Å². The number of halogens is 2. The van der Waals surface area contributed by atoms with Gasteiger partial charge >= 0.3 is 0 Å². The van der Waals surface area contributed by atoms with Gasteiger partial charge in [0.2, 0.25) is 5.91 Å². The standard InChI is InChI=1S/C19H26ClN3OS.ClH/c1-13-8-9-15(10-17(13)20)21-18(24)11-16-12-25-19(23(16)2)22-14-6-4-3-5-7-14;/h8-10,14,16H,3-7,11-12H2,1-2H3,(H,21,24);1H. The first-order valence-corrected chi connectivity index (χ1v) is 10.4. The smallest absolute Gasteiger partial charge is 0.226 e. The average molecular weight is 416 g/mol. The second kappa shape index (κ2) is 9.86. The van der Waals surface area contributed by atoms with Crippen LogP contribution < -0.4 is 5.32 Å². The summed E-state index contributed by atoms with van der Waals surface area (Å²) in [6.45, 7) is 1.95. The van der Waals surface area contributed by atoms with Crippen molar-refractivity contribution in [1.82, 2.24) is 4.90 Å². The maximum Gasteiger partial charge on any atom is 0.226 e. The predicted molar refractivity (Wildman–Crippen MR) is 115 cm³/mol. The number of aliphatic imine (C=N–C) groups is 1. The number of benzene rings is 1. The molecule has 0 aromatic heterocycles. The van der Waals surface area contributed by atoms with Crippen LogP contribution in [0.25, 0.3) is 0 Å². The molecule has 144 valence electrons. The number of hydrogen-bond acceptors (Lipinski definition) is 3. The van der Waals surface area contributed by atoms with Crippen LogP contribution in [-0.4, -0.2) is 40.9 Å². The van der Waals surface area contributed by atoms with Gasteiger partial charge in [0.05, 0.1) is 6.04 Å². The highest BCUT2D eigenvalue weighted by Gasteiger charge is 2.29. The van der Waals surface area contributed by atoms with Gasteiger partial charge in [-0.2, -0.15) is 0 Å². The second-order valence-corrected chi connectivity index (χ2v) is 8.39. The molecule has 1 N–H and O–H groups in total. The molecule has 2 fully saturated rings. The van der Waals surface area contributed by atoms with Crippen LogP contribution >= 0.6 is 35.8 Å². The Morgan fingerprint density at radius 2 is 2.08 bits per heavy atom. The molecule has 2 aliphatic rings. The maximum absolute atomic E-state index is 12.4. The largest absolute Gasteiger partial charge is 0.350 e. The molecule has 1 saturated heterocycles. The number of thioether (sulfide) groups is 1. The number of nitrogens with zero attached hydrogens (tertiary/aromatic N) is 2. The third-order valence-electron chi connectivity index (χ3n) is 5.00. The normalized spacial score (nSPS) is 22.3. The quantitative estimate of drug-likeness (QED) is 0.740. The van der Waals surface area contributed by atoms with Gasteiger partial charge in [0.15, 0.2) is 5.17 Å². The van der Waals surface area contributed by atoms with Gasteiger partial charge in [-0.1, -0.05) is 48.7 Å². The highest BCUT2D eigenvalue weighted by atomic mass is 35.5. The molecule has 1 aromatic carbocycles. The van der Waals surface area contributed by atoms with E-state index in [4.69, 9.17) is 16.6 Å². The number of nitrogens with one attached hydrogen (secondary N) is 1. The fourth-order valence-electron chi connectivity index (χ4n) is 3.33. The molecule has 1 atom stereocenters. The van der Waals surface area contributed by atoms with Gasteiger partial charge in [0, 0.05) is 36.0 Å². The molecule has 1 unspecified atom stereocenters. The van der Waals surface area contributed by atoms with Crippen molar-refractivity contribution in [1.29, 1.82) is 0 Å². The number of hydrogen-bond donors (Lipinski definition) is 1. The Bertz CT molecular complexity index is 662. The average Bonchev–Trinajstić information content (AvgIpc) is 2.92. The predicted octanol–water partition coefficient (Wildman–Crippen LogP) is 5.13. The summed E-state index contributed by atoms with van der Waals surface area (Å²) in [5.41, 5.74) is 1.76. The Balaban J connectivity index is 0.00000243. The number of anilines is 1. The van der Waals surface area contributed by atoms with Crippen molar-refractivity contribution in [2.45, 2.75) is 57.5 Å². The van der Waals surface area contributed by atoms with Crippen molar-refractivity contribution >= 4 is 52.5 Å². The molecule has 1 aliphatic heterocycles. The first-order valence-electron chi connectivity index (χ1n) is 9.02. The fraction of sp³-hybridized carbons (Fsp3) is 0.579. The minimum Gasteiger partial charge on any atom is -0.350 e. The third kappa shape index (κ3) is 5.54. The summed E-state index contributed by atoms with van der Waals surface area (Å²) >= 11 is 7.90. The van der Waals surface area contributed by atoms with E-state index in [9.17, 15) is 4.79 Å². The van der Waals surface area contributed by atoms with Crippen molar-refractivity contribution in [3.63, 3.8) is 0 Å². The van der Waals surface area contributed by atoms with E-state index in [0.717, 1.165) is 22.2 Å². The number of amidine groups is 1. The van der Waals surface area contributed by atoms with Gasteiger partial charge in [-0.25, -0.2) is 0 Å². The monoisotopic (exact) mass is 415 g/mol. The summed E-state index contributed by atoms with van der Waals surface area (Å²) in [4.78, 5) is 19.5. The lowest BCUT2D eigenvalue weighted by molar-refractivity contribution is -0.116. The Kier molecular flexibility index (Phi) is 8.11. The van der Waals surface area contributed by atoms with Gasteiger partial charge < -0.3 is 10.2 Å². The van der Waals surface area contributed by atoms with Gasteiger partial charge in [-0.05, 0) is 37.5 Å². The molecule has 1 heterocycles. The van der Waals surface area contributed by atoms with Crippen molar-refractivity contribution < 1.29 is 4.79 Å². The lowest BCUT2D eigenvalue weighted by Crippen LogP contribution is -2.34. The molecule has 1 saturated carbocycles. The minimum absolute atomic E-state index is 0. The van der Waals surface area contributed by atoms with Crippen LogP contribution in [0.4, 0.5) is 5.69 Å². The number of amides is 1. The highest BCUT2D eigenvalue weighted by molar-refractivity contribution is 8.14. The number of carbonyl (C=O) groups excluding carboxylic acids is 1. The zero-order valence-corrected chi connectivity index (χ0v) is 17.7. The van der Waals surface area contributed by atoms with E-state index in [1.165, 1.54) is 32.1 Å². The summed E-state index contributed by atoms with van der Waals surface area (Å²) in [5.74, 6) is 0.945. The molecular weight excluding hydrogens is 389 g/mol. The topological polar surface area (TPSA) is 44.7 Å². The van der Waals surface area contributed by atoms with Crippen LogP contribution in [0.1, 0.15) is 44.1 Å². The fourth-order valence-corrected chi connectivity index (χ4v) is 4.77. The molecule has 0 bridgehead atoms. The van der Waals surface area contributed by atoms with Gasteiger partial charge in [-0.3, -0.25) is 9.79 Å². The Morgan fingerprint density at radius 1 is 1.35 bits per heavy atom. The van der Waals surface area contributed by atoms with Crippen LogP contribution in [0.15, 0.2) is 23.2 Å². The third-order valence-corrected chi connectivity index (χ3v) is 6.61. The first-order chi connectivity index (χ1) is 12.0. The molecule has 0 radical (unpaired) electrons. The second-order valence-electron chi connectivity index (χ2n) is 7.00. The summed E-state index contributed by atoms with van der Waals surface area (Å²) in [6.07, 6.45) is 6.81. The lowest BCUT2D eigenvalue weighted by atomic mass is 9.96. The van der Waals surface area contributed by atoms with Crippen LogP contribution in [-0.2, 0) is 4.79 Å². The molecular formula is C19H27Cl2N3OS. The van der Waals surface area contributed by atoms with Crippen LogP contribution in [0.2, 0.25) is 5.02 Å². The van der Waals surface area contributed by atoms with E-state index in [1.807, 2.05) is 19.1 Å². The van der Waals surface area contributed by atoms with Gasteiger partial charge in [0.25, 0.3) is 0 Å². The maximum atomic E-state index is 12.4. The Hall–Kier alpha value is -0.910. The van der Waals surface area contributed by atoms with E-state index < -0.39 is 0 Å². The van der Waals surface area contributed by atoms with E-state index >= 15 is 0 Å². The van der Waals surface area contributed by atoms with Crippen LogP contribution in [0.5, 0.6) is 0 Å².